The van der Waals surface area contributed by atoms with E-state index in [-0.39, 0.29) is 5.91 Å². The Labute approximate surface area is 113 Å². The van der Waals surface area contributed by atoms with E-state index in [1.54, 1.807) is 6.07 Å². The number of carbonyl (C=O) groups excluding carboxylic acids is 1. The van der Waals surface area contributed by atoms with Gasteiger partial charge in [0.25, 0.3) is 5.91 Å². The highest BCUT2D eigenvalue weighted by atomic mass is 16.1. The quantitative estimate of drug-likeness (QED) is 0.827. The molecule has 0 aliphatic heterocycles. The Hall–Kier alpha value is -2.29. The molecule has 0 spiro atoms. The van der Waals surface area contributed by atoms with Crippen LogP contribution in [0, 0.1) is 13.8 Å². The summed E-state index contributed by atoms with van der Waals surface area (Å²) in [5, 5.41) is 2.92. The maximum Gasteiger partial charge on any atom is 0.251 e. The SMILES string of the molecule is Cc1cc(N)cc(C(=O)NCc2ccccc2C)c1. The van der Waals surface area contributed by atoms with Crippen LogP contribution < -0.4 is 11.1 Å². The molecular formula is C16H18N2O. The molecule has 0 aliphatic rings. The molecular weight excluding hydrogens is 236 g/mol. The fourth-order valence-corrected chi connectivity index (χ4v) is 2.03. The molecule has 0 unspecified atom stereocenters. The molecule has 0 aromatic heterocycles. The zero-order valence-corrected chi connectivity index (χ0v) is 11.2. The Kier molecular flexibility index (Phi) is 3.85. The molecule has 3 nitrogen and oxygen atoms in total. The zero-order valence-electron chi connectivity index (χ0n) is 11.2. The maximum absolute atomic E-state index is 12.1. The van der Waals surface area contributed by atoms with Crippen molar-refractivity contribution in [2.24, 2.45) is 0 Å². The number of nitrogens with two attached hydrogens (primary N) is 1. The van der Waals surface area contributed by atoms with Crippen molar-refractivity contribution in [2.45, 2.75) is 20.4 Å². The molecule has 3 heteroatoms. The zero-order chi connectivity index (χ0) is 13.8. The van der Waals surface area contributed by atoms with Crippen LogP contribution in [0.2, 0.25) is 0 Å². The summed E-state index contributed by atoms with van der Waals surface area (Å²) in [7, 11) is 0. The summed E-state index contributed by atoms with van der Waals surface area (Å²) >= 11 is 0. The molecule has 3 N–H and O–H groups in total. The van der Waals surface area contributed by atoms with Crippen molar-refractivity contribution in [1.82, 2.24) is 5.32 Å². The minimum absolute atomic E-state index is 0.0985. The smallest absolute Gasteiger partial charge is 0.251 e. The summed E-state index contributed by atoms with van der Waals surface area (Å²) in [6.45, 7) is 4.49. The lowest BCUT2D eigenvalue weighted by molar-refractivity contribution is 0.0951. The van der Waals surface area contributed by atoms with Gasteiger partial charge in [-0.25, -0.2) is 0 Å². The minimum Gasteiger partial charge on any atom is -0.399 e. The normalized spacial score (nSPS) is 10.2. The van der Waals surface area contributed by atoms with E-state index < -0.39 is 0 Å². The molecule has 2 aromatic carbocycles. The summed E-state index contributed by atoms with van der Waals surface area (Å²) in [5.74, 6) is -0.0985. The molecule has 0 saturated heterocycles. The lowest BCUT2D eigenvalue weighted by Crippen LogP contribution is -2.23. The molecule has 1 amide bonds. The van der Waals surface area contributed by atoms with E-state index >= 15 is 0 Å². The monoisotopic (exact) mass is 254 g/mol. The van der Waals surface area contributed by atoms with Gasteiger partial charge in [-0.05, 0) is 48.7 Å². The van der Waals surface area contributed by atoms with Crippen LogP contribution >= 0.6 is 0 Å². The van der Waals surface area contributed by atoms with E-state index in [1.165, 1.54) is 5.56 Å². The molecule has 0 saturated carbocycles. The molecule has 0 bridgehead atoms. The van der Waals surface area contributed by atoms with Crippen molar-refractivity contribution in [3.63, 3.8) is 0 Å². The topological polar surface area (TPSA) is 55.1 Å². The standard InChI is InChI=1S/C16H18N2O/c1-11-7-14(9-15(17)8-11)16(19)18-10-13-6-4-3-5-12(13)2/h3-9H,10,17H2,1-2H3,(H,18,19). The average molecular weight is 254 g/mol. The number of anilines is 1. The summed E-state index contributed by atoms with van der Waals surface area (Å²) in [6, 6.07) is 13.4. The van der Waals surface area contributed by atoms with Gasteiger partial charge < -0.3 is 11.1 Å². The Balaban J connectivity index is 2.08. The van der Waals surface area contributed by atoms with Crippen LogP contribution in [0.3, 0.4) is 0 Å². The van der Waals surface area contributed by atoms with E-state index in [9.17, 15) is 4.79 Å². The first-order valence-electron chi connectivity index (χ1n) is 6.26. The van der Waals surface area contributed by atoms with Crippen LogP contribution in [-0.4, -0.2) is 5.91 Å². The van der Waals surface area contributed by atoms with Crippen LogP contribution in [0.4, 0.5) is 5.69 Å². The molecule has 0 fully saturated rings. The van der Waals surface area contributed by atoms with E-state index in [2.05, 4.69) is 5.32 Å². The molecule has 0 aliphatic carbocycles. The van der Waals surface area contributed by atoms with Gasteiger partial charge in [0.2, 0.25) is 0 Å². The van der Waals surface area contributed by atoms with Crippen molar-refractivity contribution in [2.75, 3.05) is 5.73 Å². The van der Waals surface area contributed by atoms with Crippen LogP contribution in [-0.2, 0) is 6.54 Å². The van der Waals surface area contributed by atoms with Gasteiger partial charge in [-0.15, -0.1) is 0 Å². The maximum atomic E-state index is 12.1. The number of nitrogen functional groups attached to an aromatic ring is 1. The van der Waals surface area contributed by atoms with Gasteiger partial charge in [0.15, 0.2) is 0 Å². The largest absolute Gasteiger partial charge is 0.399 e. The fourth-order valence-electron chi connectivity index (χ4n) is 2.03. The number of benzene rings is 2. The lowest BCUT2D eigenvalue weighted by atomic mass is 10.1. The Morgan fingerprint density at radius 3 is 2.58 bits per heavy atom. The van der Waals surface area contributed by atoms with Crippen molar-refractivity contribution >= 4 is 11.6 Å². The predicted octanol–water partition coefficient (Wildman–Crippen LogP) is 2.82. The number of nitrogens with one attached hydrogen (secondary N) is 1. The van der Waals surface area contributed by atoms with Gasteiger partial charge in [-0.2, -0.15) is 0 Å². The summed E-state index contributed by atoms with van der Waals surface area (Å²) in [4.78, 5) is 12.1. The second kappa shape index (κ2) is 5.57. The highest BCUT2D eigenvalue weighted by Crippen LogP contribution is 2.12. The van der Waals surface area contributed by atoms with E-state index in [1.807, 2.05) is 50.2 Å². The first-order valence-corrected chi connectivity index (χ1v) is 6.26. The first-order chi connectivity index (χ1) is 9.06. The van der Waals surface area contributed by atoms with E-state index in [0.29, 0.717) is 17.8 Å². The molecule has 19 heavy (non-hydrogen) atoms. The number of hydrogen-bond donors (Lipinski definition) is 2. The third kappa shape index (κ3) is 3.35. The Morgan fingerprint density at radius 2 is 1.89 bits per heavy atom. The highest BCUT2D eigenvalue weighted by Gasteiger charge is 2.07. The fraction of sp³-hybridized carbons (Fsp3) is 0.188. The van der Waals surface area contributed by atoms with Crippen LogP contribution in [0.25, 0.3) is 0 Å². The molecule has 0 atom stereocenters. The average Bonchev–Trinajstić information content (AvgIpc) is 2.36. The van der Waals surface area contributed by atoms with Gasteiger partial charge in [-0.3, -0.25) is 4.79 Å². The molecule has 2 rings (SSSR count). The van der Waals surface area contributed by atoms with Gasteiger partial charge in [-0.1, -0.05) is 24.3 Å². The summed E-state index contributed by atoms with van der Waals surface area (Å²) in [5.41, 5.74) is 10.2. The molecule has 2 aromatic rings. The van der Waals surface area contributed by atoms with E-state index in [0.717, 1.165) is 11.1 Å². The first kappa shape index (κ1) is 13.1. The van der Waals surface area contributed by atoms with Crippen molar-refractivity contribution < 1.29 is 4.79 Å². The minimum atomic E-state index is -0.0985. The Bertz CT molecular complexity index is 585. The van der Waals surface area contributed by atoms with Gasteiger partial charge in [0, 0.05) is 17.8 Å². The van der Waals surface area contributed by atoms with Crippen LogP contribution in [0.1, 0.15) is 27.0 Å². The van der Waals surface area contributed by atoms with E-state index in [4.69, 9.17) is 5.73 Å². The third-order valence-electron chi connectivity index (χ3n) is 3.06. The molecule has 98 valence electrons. The van der Waals surface area contributed by atoms with Gasteiger partial charge in [0.1, 0.15) is 0 Å². The Morgan fingerprint density at radius 1 is 1.16 bits per heavy atom. The van der Waals surface area contributed by atoms with Gasteiger partial charge >= 0.3 is 0 Å². The number of aryl methyl sites for hydroxylation is 2. The second-order valence-electron chi connectivity index (χ2n) is 4.74. The number of carbonyl (C=O) groups is 1. The molecule has 0 heterocycles. The van der Waals surface area contributed by atoms with Crippen molar-refractivity contribution in [3.8, 4) is 0 Å². The van der Waals surface area contributed by atoms with Crippen molar-refractivity contribution in [1.29, 1.82) is 0 Å². The second-order valence-corrected chi connectivity index (χ2v) is 4.74. The number of rotatable bonds is 3. The summed E-state index contributed by atoms with van der Waals surface area (Å²) < 4.78 is 0. The van der Waals surface area contributed by atoms with Crippen molar-refractivity contribution in [3.05, 3.63) is 64.7 Å². The number of hydrogen-bond acceptors (Lipinski definition) is 2. The highest BCUT2D eigenvalue weighted by molar-refractivity contribution is 5.95. The predicted molar refractivity (Wildman–Crippen MR) is 77.9 cm³/mol. The third-order valence-corrected chi connectivity index (χ3v) is 3.06. The van der Waals surface area contributed by atoms with Gasteiger partial charge in [0.05, 0.1) is 0 Å². The van der Waals surface area contributed by atoms with Crippen LogP contribution in [0.15, 0.2) is 42.5 Å². The van der Waals surface area contributed by atoms with Crippen LogP contribution in [0.5, 0.6) is 0 Å². The summed E-state index contributed by atoms with van der Waals surface area (Å²) in [6.07, 6.45) is 0. The number of amides is 1. The molecule has 0 radical (unpaired) electrons. The lowest BCUT2D eigenvalue weighted by Gasteiger charge is -2.09.